The van der Waals surface area contributed by atoms with Gasteiger partial charge in [0.25, 0.3) is 0 Å². The van der Waals surface area contributed by atoms with E-state index >= 15 is 0 Å². The van der Waals surface area contributed by atoms with E-state index in [-0.39, 0.29) is 24.3 Å². The number of aromatic nitrogens is 4. The summed E-state index contributed by atoms with van der Waals surface area (Å²) in [6.45, 7) is 7.81. The van der Waals surface area contributed by atoms with Crippen LogP contribution in [-0.2, 0) is 23.1 Å². The standard InChI is InChI=1S/C32H40N6O4S/c1-5-42-30(39)18-27(28-17-24-15-22(3)34-35-31(24)36(28)4)23-12-11-21(2)25(16-23)19-37-20-26-9-6-7-14-38(26)32-29(43(37,40)41)10-8-13-33-32/h8,10-13,15-17,26-27,40-41H,5-7,9,14,18-20H2,1-4H3/t26-,27?/m0/s1. The molecule has 4 aromatic rings. The van der Waals surface area contributed by atoms with Gasteiger partial charge in [0.2, 0.25) is 0 Å². The zero-order valence-corrected chi connectivity index (χ0v) is 26.0. The molecule has 0 spiro atoms. The van der Waals surface area contributed by atoms with Crippen LogP contribution in [0.25, 0.3) is 11.0 Å². The second-order valence-electron chi connectivity index (χ2n) is 11.6. The minimum Gasteiger partial charge on any atom is -0.466 e. The highest BCUT2D eigenvalue weighted by Gasteiger charge is 2.39. The summed E-state index contributed by atoms with van der Waals surface area (Å²) in [7, 11) is -1.35. The Labute approximate surface area is 254 Å². The van der Waals surface area contributed by atoms with E-state index in [1.165, 1.54) is 0 Å². The summed E-state index contributed by atoms with van der Waals surface area (Å²) in [5.74, 6) is 0.121. The molecule has 1 fully saturated rings. The Kier molecular flexibility index (Phi) is 8.16. The largest absolute Gasteiger partial charge is 0.466 e. The lowest BCUT2D eigenvalue weighted by Gasteiger charge is -2.42. The van der Waals surface area contributed by atoms with E-state index in [9.17, 15) is 13.9 Å². The Morgan fingerprint density at radius 2 is 1.98 bits per heavy atom. The first kappa shape index (κ1) is 29.6. The molecule has 11 heteroatoms. The zero-order valence-electron chi connectivity index (χ0n) is 25.2. The number of anilines is 1. The average molecular weight is 605 g/mol. The summed E-state index contributed by atoms with van der Waals surface area (Å²) in [5.41, 5.74) is 5.50. The van der Waals surface area contributed by atoms with Gasteiger partial charge in [-0.1, -0.05) is 18.2 Å². The molecule has 1 aromatic carbocycles. The first-order chi connectivity index (χ1) is 20.7. The van der Waals surface area contributed by atoms with Crippen molar-refractivity contribution in [3.05, 3.63) is 76.7 Å². The smallest absolute Gasteiger partial charge is 0.306 e. The molecule has 2 aliphatic heterocycles. The number of piperidine rings is 1. The molecule has 0 amide bonds. The van der Waals surface area contributed by atoms with Crippen molar-refractivity contribution in [1.82, 2.24) is 24.1 Å². The molecule has 2 N–H and O–H groups in total. The Balaban J connectivity index is 1.39. The topological polar surface area (TPSA) is 117 Å². The maximum atomic E-state index is 12.9. The van der Waals surface area contributed by atoms with E-state index in [2.05, 4.69) is 44.3 Å². The number of fused-ring (bicyclic) bond motifs is 4. The SMILES string of the molecule is CCOC(=O)CC(c1ccc(C)c(CN2C[C@@H]3CCCCN3c3ncccc3S2(O)O)c1)c1cc2cc(C)nnc2n1C. The van der Waals surface area contributed by atoms with E-state index in [0.717, 1.165) is 64.9 Å². The van der Waals surface area contributed by atoms with Crippen molar-refractivity contribution < 1.29 is 18.6 Å². The molecule has 10 nitrogen and oxygen atoms in total. The summed E-state index contributed by atoms with van der Waals surface area (Å²) in [5, 5.41) is 9.61. The van der Waals surface area contributed by atoms with Crippen molar-refractivity contribution in [1.29, 1.82) is 0 Å². The zero-order chi connectivity index (χ0) is 30.3. The van der Waals surface area contributed by atoms with E-state index in [0.29, 0.717) is 30.4 Å². The number of hydrogen-bond acceptors (Lipinski definition) is 9. The van der Waals surface area contributed by atoms with Crippen LogP contribution >= 0.6 is 10.8 Å². The number of rotatable bonds is 7. The third kappa shape index (κ3) is 5.62. The van der Waals surface area contributed by atoms with Crippen LogP contribution in [0.15, 0.2) is 53.6 Å². The predicted molar refractivity (Wildman–Crippen MR) is 168 cm³/mol. The van der Waals surface area contributed by atoms with Crippen molar-refractivity contribution in [2.75, 3.05) is 24.6 Å². The maximum absolute atomic E-state index is 12.9. The number of esters is 1. The van der Waals surface area contributed by atoms with Crippen LogP contribution in [0.4, 0.5) is 5.82 Å². The van der Waals surface area contributed by atoms with Gasteiger partial charge in [-0.05, 0) is 81.0 Å². The molecule has 0 saturated carbocycles. The minimum absolute atomic E-state index is 0.150. The van der Waals surface area contributed by atoms with Crippen LogP contribution < -0.4 is 4.90 Å². The summed E-state index contributed by atoms with van der Waals surface area (Å²) < 4.78 is 32.7. The second-order valence-corrected chi connectivity index (χ2v) is 13.6. The fraction of sp³-hybridized carbons (Fsp3) is 0.438. The average Bonchev–Trinajstić information content (AvgIpc) is 3.27. The van der Waals surface area contributed by atoms with Crippen molar-refractivity contribution >= 4 is 33.6 Å². The quantitative estimate of drug-likeness (QED) is 0.246. The first-order valence-corrected chi connectivity index (χ1v) is 16.5. The Hall–Kier alpha value is -3.51. The molecule has 0 bridgehead atoms. The Morgan fingerprint density at radius 3 is 2.79 bits per heavy atom. The van der Waals surface area contributed by atoms with Crippen molar-refractivity contribution in [3.8, 4) is 0 Å². The molecule has 6 rings (SSSR count). The van der Waals surface area contributed by atoms with Crippen LogP contribution in [0, 0.1) is 13.8 Å². The highest BCUT2D eigenvalue weighted by atomic mass is 32.3. The van der Waals surface area contributed by atoms with Gasteiger partial charge in [0, 0.05) is 55.9 Å². The number of carbonyl (C=O) groups is 1. The fourth-order valence-electron chi connectivity index (χ4n) is 6.54. The lowest BCUT2D eigenvalue weighted by Crippen LogP contribution is -2.45. The molecule has 0 aliphatic carbocycles. The van der Waals surface area contributed by atoms with Crippen LogP contribution in [0.3, 0.4) is 0 Å². The first-order valence-electron chi connectivity index (χ1n) is 15.0. The van der Waals surface area contributed by atoms with Gasteiger partial charge in [-0.3, -0.25) is 13.9 Å². The monoisotopic (exact) mass is 604 g/mol. The van der Waals surface area contributed by atoms with Gasteiger partial charge < -0.3 is 14.2 Å². The lowest BCUT2D eigenvalue weighted by molar-refractivity contribution is -0.143. The van der Waals surface area contributed by atoms with Gasteiger partial charge in [0.05, 0.1) is 18.7 Å². The van der Waals surface area contributed by atoms with E-state index in [1.807, 2.05) is 42.8 Å². The minimum atomic E-state index is -3.30. The molecule has 1 unspecified atom stereocenters. The number of pyridine rings is 1. The van der Waals surface area contributed by atoms with Crippen LogP contribution in [-0.4, -0.2) is 64.9 Å². The molecule has 1 saturated heterocycles. The van der Waals surface area contributed by atoms with Crippen LogP contribution in [0.2, 0.25) is 0 Å². The molecule has 2 aliphatic rings. The van der Waals surface area contributed by atoms with Gasteiger partial charge in [-0.2, -0.15) is 9.40 Å². The van der Waals surface area contributed by atoms with E-state index < -0.39 is 10.8 Å². The van der Waals surface area contributed by atoms with Crippen molar-refractivity contribution in [2.24, 2.45) is 7.05 Å². The van der Waals surface area contributed by atoms with Crippen LogP contribution in [0.1, 0.15) is 66.6 Å². The van der Waals surface area contributed by atoms with Gasteiger partial charge in [0.1, 0.15) is 4.90 Å². The molecular weight excluding hydrogens is 564 g/mol. The molecule has 43 heavy (non-hydrogen) atoms. The van der Waals surface area contributed by atoms with Crippen LogP contribution in [0.5, 0.6) is 0 Å². The molecule has 5 heterocycles. The molecule has 0 radical (unpaired) electrons. The third-order valence-corrected chi connectivity index (χ3v) is 10.7. The number of carbonyl (C=O) groups excluding carboxylic acids is 1. The van der Waals surface area contributed by atoms with E-state index in [4.69, 9.17) is 4.74 Å². The molecule has 2 atom stereocenters. The predicted octanol–water partition coefficient (Wildman–Crippen LogP) is 5.96. The summed E-state index contributed by atoms with van der Waals surface area (Å²) in [6, 6.07) is 14.0. The van der Waals surface area contributed by atoms with Gasteiger partial charge >= 0.3 is 5.97 Å². The third-order valence-electron chi connectivity index (χ3n) is 8.81. The number of ether oxygens (including phenoxy) is 1. The molecule has 228 valence electrons. The molecule has 3 aromatic heterocycles. The summed E-state index contributed by atoms with van der Waals surface area (Å²) in [4.78, 5) is 20.2. The second kappa shape index (κ2) is 11.9. The van der Waals surface area contributed by atoms with Crippen molar-refractivity contribution in [2.45, 2.75) is 69.9 Å². The highest BCUT2D eigenvalue weighted by Crippen LogP contribution is 2.57. The van der Waals surface area contributed by atoms with Gasteiger partial charge in [-0.15, -0.1) is 15.9 Å². The number of nitrogens with zero attached hydrogens (tertiary/aromatic N) is 6. The van der Waals surface area contributed by atoms with Gasteiger partial charge in [-0.25, -0.2) is 4.98 Å². The lowest BCUT2D eigenvalue weighted by atomic mass is 9.89. The summed E-state index contributed by atoms with van der Waals surface area (Å²) in [6.07, 6.45) is 5.05. The normalized spacial score (nSPS) is 19.8. The molecular formula is C32H40N6O4S. The highest BCUT2D eigenvalue weighted by molar-refractivity contribution is 8.22. The van der Waals surface area contributed by atoms with Crippen molar-refractivity contribution in [3.63, 3.8) is 0 Å². The van der Waals surface area contributed by atoms with E-state index in [1.54, 1.807) is 18.3 Å². The number of aryl methyl sites for hydroxylation is 3. The Bertz CT molecular complexity index is 1660. The number of benzene rings is 1. The summed E-state index contributed by atoms with van der Waals surface area (Å²) >= 11 is 0. The Morgan fingerprint density at radius 1 is 1.14 bits per heavy atom. The van der Waals surface area contributed by atoms with Gasteiger partial charge in [0.15, 0.2) is 11.5 Å². The number of hydrogen-bond donors (Lipinski definition) is 2. The maximum Gasteiger partial charge on any atom is 0.306 e. The fourth-order valence-corrected chi connectivity index (χ4v) is 8.20.